The Morgan fingerprint density at radius 2 is 1.95 bits per heavy atom. The minimum Gasteiger partial charge on any atom is -0.450 e. The number of rotatable bonds is 4. The lowest BCUT2D eigenvalue weighted by Crippen LogP contribution is -1.98. The summed E-state index contributed by atoms with van der Waals surface area (Å²) < 4.78 is 18.5. The summed E-state index contributed by atoms with van der Waals surface area (Å²) in [5.41, 5.74) is 0.0246. The molecule has 0 spiro atoms. The van der Waals surface area contributed by atoms with Crippen molar-refractivity contribution < 1.29 is 19.2 Å². The van der Waals surface area contributed by atoms with Crippen LogP contribution in [0.15, 0.2) is 42.5 Å². The Balaban J connectivity index is 2.43. The highest BCUT2D eigenvalue weighted by atomic mass is 19.1. The maximum absolute atomic E-state index is 13.1. The Hall–Kier alpha value is -2.47. The van der Waals surface area contributed by atoms with Gasteiger partial charge in [0.1, 0.15) is 11.6 Å². The van der Waals surface area contributed by atoms with Crippen LogP contribution in [0.1, 0.15) is 18.6 Å². The molecular weight excluding hydrogens is 265 g/mol. The van der Waals surface area contributed by atoms with Crippen molar-refractivity contribution in [1.82, 2.24) is 0 Å². The maximum atomic E-state index is 13.1. The third-order valence-electron chi connectivity index (χ3n) is 2.71. The van der Waals surface area contributed by atoms with Gasteiger partial charge in [-0.1, -0.05) is 18.2 Å². The van der Waals surface area contributed by atoms with Crippen LogP contribution in [0.2, 0.25) is 0 Å². The number of nitro groups is 1. The molecule has 0 saturated heterocycles. The quantitative estimate of drug-likeness (QED) is 0.684. The van der Waals surface area contributed by atoms with Crippen LogP contribution in [0.3, 0.4) is 0 Å². The Labute approximate surface area is 114 Å². The second kappa shape index (κ2) is 5.66. The van der Waals surface area contributed by atoms with Crippen LogP contribution in [0.5, 0.6) is 11.5 Å². The van der Waals surface area contributed by atoms with Gasteiger partial charge in [0.05, 0.1) is 17.1 Å². The molecule has 0 amide bonds. The van der Waals surface area contributed by atoms with Gasteiger partial charge in [-0.2, -0.15) is 0 Å². The summed E-state index contributed by atoms with van der Waals surface area (Å²) >= 11 is 0. The number of hydrogen-bond acceptors (Lipinski definition) is 4. The van der Waals surface area contributed by atoms with Crippen LogP contribution in [0.4, 0.5) is 10.1 Å². The molecule has 5 nitrogen and oxygen atoms in total. The number of nitrogens with zero attached hydrogens (tertiary/aromatic N) is 1. The second-order valence-corrected chi connectivity index (χ2v) is 4.19. The van der Waals surface area contributed by atoms with Crippen molar-refractivity contribution in [1.29, 1.82) is 0 Å². The molecule has 6 heteroatoms. The van der Waals surface area contributed by atoms with E-state index in [1.807, 2.05) is 0 Å². The highest BCUT2D eigenvalue weighted by molar-refractivity contribution is 5.49. The topological polar surface area (TPSA) is 72.6 Å². The van der Waals surface area contributed by atoms with Crippen molar-refractivity contribution in [3.8, 4) is 11.5 Å². The van der Waals surface area contributed by atoms with Gasteiger partial charge in [0.15, 0.2) is 0 Å². The molecule has 0 saturated carbocycles. The van der Waals surface area contributed by atoms with E-state index in [9.17, 15) is 19.6 Å². The summed E-state index contributed by atoms with van der Waals surface area (Å²) in [7, 11) is 0. The van der Waals surface area contributed by atoms with Crippen LogP contribution < -0.4 is 4.74 Å². The average Bonchev–Trinajstić information content (AvgIpc) is 2.41. The largest absolute Gasteiger partial charge is 0.450 e. The predicted octanol–water partition coefficient (Wildman–Crippen LogP) is 3.58. The summed E-state index contributed by atoms with van der Waals surface area (Å²) in [6, 6.07) is 9.68. The van der Waals surface area contributed by atoms with Crippen LogP contribution in [0.25, 0.3) is 0 Å². The van der Waals surface area contributed by atoms with E-state index >= 15 is 0 Å². The zero-order valence-corrected chi connectivity index (χ0v) is 10.6. The van der Waals surface area contributed by atoms with Crippen molar-refractivity contribution in [2.45, 2.75) is 13.0 Å². The van der Waals surface area contributed by atoms with Gasteiger partial charge in [-0.15, -0.1) is 0 Å². The predicted molar refractivity (Wildman–Crippen MR) is 70.2 cm³/mol. The molecule has 0 aromatic heterocycles. The van der Waals surface area contributed by atoms with E-state index in [1.165, 1.54) is 6.07 Å². The molecule has 2 aromatic carbocycles. The molecule has 1 atom stereocenters. The van der Waals surface area contributed by atoms with Crippen LogP contribution in [0, 0.1) is 15.9 Å². The Morgan fingerprint density at radius 3 is 2.60 bits per heavy atom. The molecular formula is C14H12FNO4. The molecule has 104 valence electrons. The molecule has 0 aliphatic carbocycles. The lowest BCUT2D eigenvalue weighted by atomic mass is 10.1. The molecule has 0 radical (unpaired) electrons. The van der Waals surface area contributed by atoms with Gasteiger partial charge in [-0.25, -0.2) is 4.39 Å². The minimum absolute atomic E-state index is 0.0792. The molecule has 0 fully saturated rings. The Bertz CT molecular complexity index is 643. The summed E-state index contributed by atoms with van der Waals surface area (Å²) in [6.07, 6.45) is -0.786. The first-order valence-electron chi connectivity index (χ1n) is 5.88. The van der Waals surface area contributed by atoms with E-state index in [0.717, 1.165) is 12.1 Å². The summed E-state index contributed by atoms with van der Waals surface area (Å²) in [4.78, 5) is 10.2. The van der Waals surface area contributed by atoms with E-state index in [2.05, 4.69) is 0 Å². The van der Waals surface area contributed by atoms with Gasteiger partial charge in [-0.3, -0.25) is 10.1 Å². The molecule has 2 rings (SSSR count). The van der Waals surface area contributed by atoms with Gasteiger partial charge in [0, 0.05) is 5.56 Å². The highest BCUT2D eigenvalue weighted by Crippen LogP contribution is 2.35. The average molecular weight is 277 g/mol. The Kier molecular flexibility index (Phi) is 3.95. The fourth-order valence-electron chi connectivity index (χ4n) is 1.76. The van der Waals surface area contributed by atoms with Gasteiger partial charge < -0.3 is 9.84 Å². The Morgan fingerprint density at radius 1 is 1.25 bits per heavy atom. The molecule has 2 aromatic rings. The lowest BCUT2D eigenvalue weighted by molar-refractivity contribution is -0.385. The first-order chi connectivity index (χ1) is 9.49. The summed E-state index contributed by atoms with van der Waals surface area (Å²) in [6.45, 7) is 1.56. The first-order valence-corrected chi connectivity index (χ1v) is 5.88. The van der Waals surface area contributed by atoms with Crippen LogP contribution in [-0.2, 0) is 0 Å². The fourth-order valence-corrected chi connectivity index (χ4v) is 1.76. The number of ether oxygens (including phenoxy) is 1. The first kappa shape index (κ1) is 14.0. The van der Waals surface area contributed by atoms with Gasteiger partial charge >= 0.3 is 5.69 Å². The van der Waals surface area contributed by atoms with Gasteiger partial charge in [-0.05, 0) is 25.1 Å². The number of halogens is 1. The molecule has 0 heterocycles. The normalized spacial score (nSPS) is 11.9. The number of hydrogen-bond donors (Lipinski definition) is 1. The molecule has 20 heavy (non-hydrogen) atoms. The molecule has 0 aliphatic heterocycles. The van der Waals surface area contributed by atoms with Crippen LogP contribution in [-0.4, -0.2) is 10.0 Å². The molecule has 0 unspecified atom stereocenters. The standard InChI is InChI=1S/C14H12FNO4/c1-9(17)11-4-2-3-5-13(11)20-14-7-6-10(15)8-12(14)16(18)19/h2-9,17H,1H3/t9-/m0/s1. The SMILES string of the molecule is C[C@H](O)c1ccccc1Oc1ccc(F)cc1[N+](=O)[O-]. The molecule has 0 bridgehead atoms. The smallest absolute Gasteiger partial charge is 0.314 e. The van der Waals surface area contributed by atoms with Gasteiger partial charge in [0.25, 0.3) is 0 Å². The fraction of sp³-hybridized carbons (Fsp3) is 0.143. The monoisotopic (exact) mass is 277 g/mol. The third-order valence-corrected chi connectivity index (χ3v) is 2.71. The zero-order valence-electron chi connectivity index (χ0n) is 10.6. The van der Waals surface area contributed by atoms with Crippen LogP contribution >= 0.6 is 0 Å². The van der Waals surface area contributed by atoms with E-state index in [-0.39, 0.29) is 11.5 Å². The zero-order chi connectivity index (χ0) is 14.7. The third kappa shape index (κ3) is 2.92. The lowest BCUT2D eigenvalue weighted by Gasteiger charge is -2.12. The van der Waals surface area contributed by atoms with Crippen molar-refractivity contribution in [2.24, 2.45) is 0 Å². The second-order valence-electron chi connectivity index (χ2n) is 4.19. The minimum atomic E-state index is -0.786. The van der Waals surface area contributed by atoms with E-state index < -0.39 is 22.5 Å². The van der Waals surface area contributed by atoms with Crippen molar-refractivity contribution in [3.63, 3.8) is 0 Å². The summed E-state index contributed by atoms with van der Waals surface area (Å²) in [5.74, 6) is -0.505. The molecule has 0 aliphatic rings. The maximum Gasteiger partial charge on any atom is 0.314 e. The highest BCUT2D eigenvalue weighted by Gasteiger charge is 2.18. The van der Waals surface area contributed by atoms with Crippen molar-refractivity contribution >= 4 is 5.69 Å². The van der Waals surface area contributed by atoms with Crippen molar-refractivity contribution in [2.75, 3.05) is 0 Å². The van der Waals surface area contributed by atoms with E-state index in [1.54, 1.807) is 31.2 Å². The van der Waals surface area contributed by atoms with E-state index in [4.69, 9.17) is 4.74 Å². The number of para-hydroxylation sites is 1. The number of benzene rings is 2. The summed E-state index contributed by atoms with van der Waals surface area (Å²) in [5, 5.41) is 20.5. The van der Waals surface area contributed by atoms with Gasteiger partial charge in [0.2, 0.25) is 5.75 Å². The number of aliphatic hydroxyl groups excluding tert-OH is 1. The number of nitro benzene ring substituents is 1. The number of aliphatic hydroxyl groups is 1. The van der Waals surface area contributed by atoms with Crippen molar-refractivity contribution in [3.05, 3.63) is 64.0 Å². The van der Waals surface area contributed by atoms with E-state index in [0.29, 0.717) is 5.56 Å². The molecule has 1 N–H and O–H groups in total.